The van der Waals surface area contributed by atoms with Gasteiger partial charge in [0.15, 0.2) is 0 Å². The van der Waals surface area contributed by atoms with Crippen LogP contribution >= 0.6 is 0 Å². The Bertz CT molecular complexity index is 650. The van der Waals surface area contributed by atoms with Crippen LogP contribution in [-0.4, -0.2) is 24.5 Å². The van der Waals surface area contributed by atoms with Crippen LogP contribution < -0.4 is 0 Å². The number of terminal acetylenes is 1. The van der Waals surface area contributed by atoms with Gasteiger partial charge in [-0.2, -0.15) is 0 Å². The second-order valence-electron chi connectivity index (χ2n) is 7.79. The van der Waals surface area contributed by atoms with Gasteiger partial charge < -0.3 is 4.90 Å². The summed E-state index contributed by atoms with van der Waals surface area (Å²) >= 11 is 0. The van der Waals surface area contributed by atoms with E-state index in [1.54, 1.807) is 5.57 Å². The van der Waals surface area contributed by atoms with Crippen LogP contribution in [0.15, 0.2) is 59.3 Å². The smallest absolute Gasteiger partial charge is 0.00559 e. The summed E-state index contributed by atoms with van der Waals surface area (Å²) in [6.45, 7) is 18.1. The highest BCUT2D eigenvalue weighted by Crippen LogP contribution is 2.39. The van der Waals surface area contributed by atoms with Gasteiger partial charge in [-0.15, -0.1) is 13.0 Å². The highest BCUT2D eigenvalue weighted by Gasteiger charge is 2.30. The summed E-state index contributed by atoms with van der Waals surface area (Å²) in [6.07, 6.45) is 16.3. The van der Waals surface area contributed by atoms with Crippen molar-refractivity contribution in [2.75, 3.05) is 19.6 Å². The predicted molar refractivity (Wildman–Crippen MR) is 110 cm³/mol. The van der Waals surface area contributed by atoms with E-state index < -0.39 is 0 Å². The molecule has 2 rings (SSSR count). The molecular weight excluding hydrogens is 302 g/mol. The Labute approximate surface area is 154 Å². The maximum atomic E-state index is 5.73. The van der Waals surface area contributed by atoms with Crippen LogP contribution in [0, 0.1) is 24.2 Å². The average molecular weight is 336 g/mol. The summed E-state index contributed by atoms with van der Waals surface area (Å²) in [5.74, 6) is 4.27. The van der Waals surface area contributed by atoms with Crippen LogP contribution in [0.5, 0.6) is 0 Å². The minimum Gasteiger partial charge on any atom is -0.302 e. The van der Waals surface area contributed by atoms with E-state index in [1.165, 1.54) is 29.7 Å². The Morgan fingerprint density at radius 1 is 1.36 bits per heavy atom. The first-order valence-corrected chi connectivity index (χ1v) is 9.51. The average Bonchev–Trinajstić information content (AvgIpc) is 2.58. The molecule has 0 aromatic carbocycles. The van der Waals surface area contributed by atoms with Gasteiger partial charge in [0.25, 0.3) is 0 Å². The summed E-state index contributed by atoms with van der Waals surface area (Å²) in [5.41, 5.74) is 6.68. The lowest BCUT2D eigenvalue weighted by Gasteiger charge is -2.39. The predicted octanol–water partition coefficient (Wildman–Crippen LogP) is 5.69. The van der Waals surface area contributed by atoms with E-state index in [-0.39, 0.29) is 0 Å². The second-order valence-corrected chi connectivity index (χ2v) is 7.79. The molecule has 25 heavy (non-hydrogen) atoms. The Balaban J connectivity index is 2.30. The first kappa shape index (κ1) is 19.5. The SMILES string of the molecule is C#CC1=C(C)C(/C=C\C=C)=C(C2CC(C)CN(CCC(=C)C)C2)CC1. The molecule has 1 fully saturated rings. The standard InChI is InChI=1S/C24H33N/c1-7-9-10-23-20(6)21(8-2)11-12-24(23)22-15-19(5)16-25(17-22)14-13-18(3)4/h2,7,9-10,19,22H,1,3,11-17H2,4-6H3/b10-9-. The molecule has 0 bridgehead atoms. The molecule has 0 radical (unpaired) electrons. The van der Waals surface area contributed by atoms with E-state index in [0.717, 1.165) is 43.8 Å². The van der Waals surface area contributed by atoms with Crippen LogP contribution in [0.1, 0.15) is 46.5 Å². The third kappa shape index (κ3) is 5.10. The van der Waals surface area contributed by atoms with Crippen molar-refractivity contribution in [2.24, 2.45) is 11.8 Å². The summed E-state index contributed by atoms with van der Waals surface area (Å²) in [7, 11) is 0. The monoisotopic (exact) mass is 335 g/mol. The fraction of sp³-hybridized carbons (Fsp3) is 0.500. The fourth-order valence-electron chi connectivity index (χ4n) is 4.23. The molecular formula is C24H33N. The summed E-state index contributed by atoms with van der Waals surface area (Å²) < 4.78 is 0. The number of likely N-dealkylation sites (tertiary alicyclic amines) is 1. The third-order valence-electron chi connectivity index (χ3n) is 5.50. The highest BCUT2D eigenvalue weighted by molar-refractivity contribution is 5.53. The van der Waals surface area contributed by atoms with Gasteiger partial charge in [0.2, 0.25) is 0 Å². The van der Waals surface area contributed by atoms with Gasteiger partial charge in [0, 0.05) is 25.2 Å². The molecule has 1 nitrogen and oxygen atoms in total. The first-order valence-electron chi connectivity index (χ1n) is 9.51. The van der Waals surface area contributed by atoms with E-state index in [4.69, 9.17) is 6.42 Å². The van der Waals surface area contributed by atoms with Crippen molar-refractivity contribution in [2.45, 2.75) is 46.5 Å². The molecule has 0 saturated carbocycles. The maximum Gasteiger partial charge on any atom is 0.00559 e. The molecule has 0 aromatic rings. The van der Waals surface area contributed by atoms with Gasteiger partial charge in [-0.05, 0) is 62.5 Å². The van der Waals surface area contributed by atoms with Crippen molar-refractivity contribution >= 4 is 0 Å². The molecule has 2 unspecified atom stereocenters. The zero-order valence-electron chi connectivity index (χ0n) is 16.3. The van der Waals surface area contributed by atoms with Gasteiger partial charge in [0.05, 0.1) is 0 Å². The van der Waals surface area contributed by atoms with Crippen LogP contribution in [0.25, 0.3) is 0 Å². The second kappa shape index (κ2) is 9.07. The fourth-order valence-corrected chi connectivity index (χ4v) is 4.23. The van der Waals surface area contributed by atoms with Crippen LogP contribution in [0.4, 0.5) is 0 Å². The van der Waals surface area contributed by atoms with E-state index in [2.05, 4.69) is 50.8 Å². The molecule has 1 heteroatoms. The number of hydrogen-bond donors (Lipinski definition) is 0. The molecule has 2 aliphatic rings. The number of rotatable bonds is 6. The lowest BCUT2D eigenvalue weighted by Crippen LogP contribution is -2.41. The molecule has 1 aliphatic carbocycles. The van der Waals surface area contributed by atoms with E-state index >= 15 is 0 Å². The van der Waals surface area contributed by atoms with Gasteiger partial charge in [0.1, 0.15) is 0 Å². The molecule has 0 spiro atoms. The molecule has 0 N–H and O–H groups in total. The molecule has 0 aromatic heterocycles. The first-order chi connectivity index (χ1) is 12.0. The Morgan fingerprint density at radius 3 is 2.76 bits per heavy atom. The summed E-state index contributed by atoms with van der Waals surface area (Å²) in [5, 5.41) is 0. The van der Waals surface area contributed by atoms with Crippen LogP contribution in [0.2, 0.25) is 0 Å². The van der Waals surface area contributed by atoms with Crippen LogP contribution in [0.3, 0.4) is 0 Å². The summed E-state index contributed by atoms with van der Waals surface area (Å²) in [6, 6.07) is 0. The van der Waals surface area contributed by atoms with Gasteiger partial charge in [-0.25, -0.2) is 0 Å². The number of allylic oxidation sites excluding steroid dienone is 6. The van der Waals surface area contributed by atoms with Crippen molar-refractivity contribution < 1.29 is 0 Å². The minimum atomic E-state index is 0.632. The molecule has 1 saturated heterocycles. The Kier molecular flexibility index (Phi) is 7.09. The topological polar surface area (TPSA) is 3.24 Å². The van der Waals surface area contributed by atoms with Crippen molar-refractivity contribution in [1.82, 2.24) is 4.90 Å². The molecule has 1 aliphatic heterocycles. The van der Waals surface area contributed by atoms with E-state index in [9.17, 15) is 0 Å². The van der Waals surface area contributed by atoms with Gasteiger partial charge in [-0.1, -0.05) is 48.8 Å². The number of piperidine rings is 1. The molecule has 1 heterocycles. The highest BCUT2D eigenvalue weighted by atomic mass is 15.1. The van der Waals surface area contributed by atoms with Gasteiger partial charge in [-0.3, -0.25) is 0 Å². The zero-order chi connectivity index (χ0) is 18.4. The Hall–Kier alpha value is -1.78. The number of nitrogens with zero attached hydrogens (tertiary/aromatic N) is 1. The van der Waals surface area contributed by atoms with E-state index in [1.807, 2.05) is 12.2 Å². The van der Waals surface area contributed by atoms with Crippen molar-refractivity contribution in [1.29, 1.82) is 0 Å². The molecule has 2 atom stereocenters. The summed E-state index contributed by atoms with van der Waals surface area (Å²) in [4.78, 5) is 2.63. The Morgan fingerprint density at radius 2 is 2.12 bits per heavy atom. The van der Waals surface area contributed by atoms with Crippen molar-refractivity contribution in [3.63, 3.8) is 0 Å². The van der Waals surface area contributed by atoms with Crippen molar-refractivity contribution in [3.8, 4) is 12.3 Å². The maximum absolute atomic E-state index is 5.73. The molecule has 134 valence electrons. The zero-order valence-corrected chi connectivity index (χ0v) is 16.3. The minimum absolute atomic E-state index is 0.632. The van der Waals surface area contributed by atoms with Crippen molar-refractivity contribution in [3.05, 3.63) is 59.3 Å². The lowest BCUT2D eigenvalue weighted by molar-refractivity contribution is 0.147. The third-order valence-corrected chi connectivity index (χ3v) is 5.50. The normalized spacial score (nSPS) is 25.4. The van der Waals surface area contributed by atoms with Gasteiger partial charge >= 0.3 is 0 Å². The lowest BCUT2D eigenvalue weighted by atomic mass is 9.76. The number of hydrogen-bond acceptors (Lipinski definition) is 1. The van der Waals surface area contributed by atoms with Crippen LogP contribution in [-0.2, 0) is 0 Å². The molecule has 0 amide bonds. The quantitative estimate of drug-likeness (QED) is 0.342. The van der Waals surface area contributed by atoms with E-state index in [0.29, 0.717) is 5.92 Å². The largest absolute Gasteiger partial charge is 0.302 e.